The quantitative estimate of drug-likeness (QED) is 0.436. The van der Waals surface area contributed by atoms with Gasteiger partial charge in [-0.1, -0.05) is 18.2 Å². The fourth-order valence-electron chi connectivity index (χ4n) is 2.10. The second kappa shape index (κ2) is 5.54. The lowest BCUT2D eigenvalue weighted by molar-refractivity contribution is 1.14. The molecule has 3 N–H and O–H groups in total. The molecule has 0 fully saturated rings. The van der Waals surface area contributed by atoms with Crippen molar-refractivity contribution in [2.45, 2.75) is 6.92 Å². The van der Waals surface area contributed by atoms with Crippen LogP contribution in [0.15, 0.2) is 53.1 Å². The lowest BCUT2D eigenvalue weighted by Gasteiger charge is -1.95. The van der Waals surface area contributed by atoms with Crippen LogP contribution in [0.2, 0.25) is 0 Å². The van der Waals surface area contributed by atoms with Gasteiger partial charge in [0.05, 0.1) is 12.4 Å². The van der Waals surface area contributed by atoms with Gasteiger partial charge in [-0.15, -0.1) is 5.10 Å². The molecule has 6 heteroatoms. The molecule has 6 nitrogen and oxygen atoms in total. The second-order valence-electron chi connectivity index (χ2n) is 4.53. The Morgan fingerprint density at radius 2 is 2.14 bits per heavy atom. The molecule has 3 aromatic rings. The first-order chi connectivity index (χ1) is 10.3. The molecular formula is C15H14N6. The average molecular weight is 278 g/mol. The molecule has 0 saturated heterocycles. The average Bonchev–Trinajstić information content (AvgIpc) is 2.84. The molecule has 0 amide bonds. The van der Waals surface area contributed by atoms with E-state index in [1.165, 1.54) is 0 Å². The van der Waals surface area contributed by atoms with E-state index in [0.29, 0.717) is 5.69 Å². The van der Waals surface area contributed by atoms with Crippen LogP contribution in [0.25, 0.3) is 10.9 Å². The van der Waals surface area contributed by atoms with Crippen LogP contribution >= 0.6 is 0 Å². The van der Waals surface area contributed by atoms with Gasteiger partial charge in [-0.05, 0) is 13.0 Å². The first-order valence-electron chi connectivity index (χ1n) is 6.46. The van der Waals surface area contributed by atoms with Crippen molar-refractivity contribution in [3.8, 4) is 0 Å². The van der Waals surface area contributed by atoms with E-state index in [-0.39, 0.29) is 5.84 Å². The third-order valence-electron chi connectivity index (χ3n) is 3.12. The largest absolute Gasteiger partial charge is 0.380 e. The molecule has 0 spiro atoms. The number of amidine groups is 1. The molecule has 104 valence electrons. The van der Waals surface area contributed by atoms with Gasteiger partial charge in [0.2, 0.25) is 0 Å². The molecule has 0 bridgehead atoms. The van der Waals surface area contributed by atoms with Crippen molar-refractivity contribution in [3.05, 3.63) is 59.8 Å². The van der Waals surface area contributed by atoms with Crippen molar-refractivity contribution in [1.82, 2.24) is 15.0 Å². The molecule has 21 heavy (non-hydrogen) atoms. The van der Waals surface area contributed by atoms with Crippen molar-refractivity contribution in [3.63, 3.8) is 0 Å². The summed E-state index contributed by atoms with van der Waals surface area (Å²) >= 11 is 0. The van der Waals surface area contributed by atoms with Crippen LogP contribution in [0.3, 0.4) is 0 Å². The van der Waals surface area contributed by atoms with Crippen LogP contribution < -0.4 is 5.73 Å². The van der Waals surface area contributed by atoms with Gasteiger partial charge >= 0.3 is 0 Å². The number of benzene rings is 1. The molecule has 0 aliphatic carbocycles. The molecule has 0 atom stereocenters. The normalized spacial score (nSPS) is 12.3. The predicted octanol–water partition coefficient (Wildman–Crippen LogP) is 2.01. The summed E-state index contributed by atoms with van der Waals surface area (Å²) in [4.78, 5) is 11.3. The van der Waals surface area contributed by atoms with Crippen molar-refractivity contribution in [2.75, 3.05) is 0 Å². The number of hydrogen-bond acceptors (Lipinski definition) is 4. The number of aromatic nitrogens is 3. The number of aromatic amines is 1. The van der Waals surface area contributed by atoms with Gasteiger partial charge in [0.1, 0.15) is 5.69 Å². The number of H-pyrrole nitrogens is 1. The smallest absolute Gasteiger partial charge is 0.173 e. The Morgan fingerprint density at radius 1 is 1.29 bits per heavy atom. The second-order valence-corrected chi connectivity index (χ2v) is 4.53. The monoisotopic (exact) mass is 278 g/mol. The van der Waals surface area contributed by atoms with Crippen LogP contribution in [0.4, 0.5) is 0 Å². The fourth-order valence-corrected chi connectivity index (χ4v) is 2.10. The highest BCUT2D eigenvalue weighted by atomic mass is 15.2. The molecular weight excluding hydrogens is 264 g/mol. The van der Waals surface area contributed by atoms with Gasteiger partial charge in [-0.2, -0.15) is 5.10 Å². The van der Waals surface area contributed by atoms with Gasteiger partial charge in [-0.3, -0.25) is 4.98 Å². The highest BCUT2D eigenvalue weighted by Crippen LogP contribution is 2.19. The van der Waals surface area contributed by atoms with E-state index in [0.717, 1.165) is 22.2 Å². The first kappa shape index (κ1) is 13.0. The minimum Gasteiger partial charge on any atom is -0.380 e. The first-order valence-corrected chi connectivity index (χ1v) is 6.46. The molecule has 0 unspecified atom stereocenters. The van der Waals surface area contributed by atoms with Crippen LogP contribution in [0.5, 0.6) is 0 Å². The molecule has 0 radical (unpaired) electrons. The van der Waals surface area contributed by atoms with Gasteiger partial charge in [-0.25, -0.2) is 4.98 Å². The van der Waals surface area contributed by atoms with Crippen LogP contribution in [0.1, 0.15) is 17.0 Å². The zero-order chi connectivity index (χ0) is 14.7. The summed E-state index contributed by atoms with van der Waals surface area (Å²) in [5.41, 5.74) is 9.42. The Labute approximate surface area is 121 Å². The zero-order valence-corrected chi connectivity index (χ0v) is 11.5. The van der Waals surface area contributed by atoms with Crippen molar-refractivity contribution in [2.24, 2.45) is 15.9 Å². The van der Waals surface area contributed by atoms with E-state index in [1.807, 2.05) is 31.2 Å². The maximum atomic E-state index is 5.81. The maximum absolute atomic E-state index is 5.81. The van der Waals surface area contributed by atoms with Crippen LogP contribution in [-0.2, 0) is 0 Å². The minimum atomic E-state index is 0.233. The van der Waals surface area contributed by atoms with Gasteiger partial charge in [0.25, 0.3) is 0 Å². The summed E-state index contributed by atoms with van der Waals surface area (Å²) in [5, 5.41) is 9.12. The maximum Gasteiger partial charge on any atom is 0.173 e. The molecule has 2 aromatic heterocycles. The lowest BCUT2D eigenvalue weighted by Crippen LogP contribution is -2.14. The van der Waals surface area contributed by atoms with E-state index in [1.54, 1.807) is 24.8 Å². The standard InChI is InChI=1S/C15H14N6/c1-10-12(11-4-2-3-5-13(11)20-10)8-19-21-15(16)14-9-17-6-7-18-14/h2-9,20H,1H3,(H2,16,21). The summed E-state index contributed by atoms with van der Waals surface area (Å²) < 4.78 is 0. The number of nitrogens with one attached hydrogen (secondary N) is 1. The zero-order valence-electron chi connectivity index (χ0n) is 11.5. The molecule has 1 aromatic carbocycles. The molecule has 3 rings (SSSR count). The van der Waals surface area contributed by atoms with Crippen molar-refractivity contribution < 1.29 is 0 Å². The Kier molecular flexibility index (Phi) is 3.42. The summed E-state index contributed by atoms with van der Waals surface area (Å²) in [6.07, 6.45) is 6.38. The molecule has 0 aliphatic heterocycles. The van der Waals surface area contributed by atoms with E-state index < -0.39 is 0 Å². The number of para-hydroxylation sites is 1. The number of nitrogens with zero attached hydrogens (tertiary/aromatic N) is 4. The summed E-state index contributed by atoms with van der Waals surface area (Å²) in [6, 6.07) is 8.04. The third kappa shape index (κ3) is 2.64. The summed E-state index contributed by atoms with van der Waals surface area (Å²) in [7, 11) is 0. The van der Waals surface area contributed by atoms with E-state index in [9.17, 15) is 0 Å². The highest BCUT2D eigenvalue weighted by Gasteiger charge is 2.05. The Hall–Kier alpha value is -3.02. The summed E-state index contributed by atoms with van der Waals surface area (Å²) in [5.74, 6) is 0.233. The Balaban J connectivity index is 1.90. The van der Waals surface area contributed by atoms with Crippen LogP contribution in [-0.4, -0.2) is 27.0 Å². The molecule has 0 saturated carbocycles. The number of fused-ring (bicyclic) bond motifs is 1. The topological polar surface area (TPSA) is 92.3 Å². The van der Waals surface area contributed by atoms with Gasteiger partial charge < -0.3 is 10.7 Å². The molecule has 2 heterocycles. The van der Waals surface area contributed by atoms with E-state index in [4.69, 9.17) is 5.73 Å². The fraction of sp³-hybridized carbons (Fsp3) is 0.0667. The minimum absolute atomic E-state index is 0.233. The SMILES string of the molecule is Cc1[nH]c2ccccc2c1C=NN=C(N)c1cnccn1. The molecule has 0 aliphatic rings. The van der Waals surface area contributed by atoms with Crippen molar-refractivity contribution in [1.29, 1.82) is 0 Å². The third-order valence-corrected chi connectivity index (χ3v) is 3.12. The van der Waals surface area contributed by atoms with E-state index in [2.05, 4.69) is 25.2 Å². The summed E-state index contributed by atoms with van der Waals surface area (Å²) in [6.45, 7) is 2.00. The van der Waals surface area contributed by atoms with Gasteiger partial charge in [0, 0.05) is 34.6 Å². The number of rotatable bonds is 3. The van der Waals surface area contributed by atoms with Crippen molar-refractivity contribution >= 4 is 23.0 Å². The number of nitrogens with two attached hydrogens (primary N) is 1. The highest BCUT2D eigenvalue weighted by molar-refractivity contribution is 6.01. The number of aryl methyl sites for hydroxylation is 1. The van der Waals surface area contributed by atoms with Gasteiger partial charge in [0.15, 0.2) is 5.84 Å². The lowest BCUT2D eigenvalue weighted by atomic mass is 10.1. The Bertz CT molecular complexity index is 817. The van der Waals surface area contributed by atoms with E-state index >= 15 is 0 Å². The Morgan fingerprint density at radius 3 is 2.95 bits per heavy atom. The predicted molar refractivity (Wildman–Crippen MR) is 83.4 cm³/mol. The van der Waals surface area contributed by atoms with Crippen LogP contribution in [0, 0.1) is 6.92 Å². The number of hydrogen-bond donors (Lipinski definition) is 2.